The van der Waals surface area contributed by atoms with E-state index in [0.29, 0.717) is 0 Å². The molecule has 0 bridgehead atoms. The SMILES string of the molecule is O=C([O-])/C(=C\c1ccccc1[N+](=O)[O-])Nn1cnnc1. The molecule has 0 amide bonds. The highest BCUT2D eigenvalue weighted by Gasteiger charge is 2.11. The van der Waals surface area contributed by atoms with Crippen molar-refractivity contribution < 1.29 is 14.8 Å². The van der Waals surface area contributed by atoms with E-state index in [9.17, 15) is 20.0 Å². The van der Waals surface area contributed by atoms with E-state index in [1.54, 1.807) is 6.07 Å². The molecule has 1 aromatic heterocycles. The largest absolute Gasteiger partial charge is 0.543 e. The van der Waals surface area contributed by atoms with Crippen molar-refractivity contribution in [3.05, 3.63) is 58.3 Å². The summed E-state index contributed by atoms with van der Waals surface area (Å²) in [6.45, 7) is 0. The number of carboxylic acids is 1. The molecule has 0 radical (unpaired) electrons. The second kappa shape index (κ2) is 5.61. The average Bonchev–Trinajstić information content (AvgIpc) is 2.91. The van der Waals surface area contributed by atoms with Crippen molar-refractivity contribution in [1.82, 2.24) is 14.9 Å². The van der Waals surface area contributed by atoms with Gasteiger partial charge in [-0.3, -0.25) is 15.5 Å². The maximum atomic E-state index is 11.0. The fourth-order valence-electron chi connectivity index (χ4n) is 1.47. The Bertz CT molecular complexity index is 665. The lowest BCUT2D eigenvalue weighted by Crippen LogP contribution is -2.31. The Kier molecular flexibility index (Phi) is 3.70. The number of carbonyl (C=O) groups excluding carboxylic acids is 1. The number of para-hydroxylation sites is 1. The Hall–Kier alpha value is -3.23. The van der Waals surface area contributed by atoms with Crippen LogP contribution in [-0.2, 0) is 4.79 Å². The summed E-state index contributed by atoms with van der Waals surface area (Å²) in [5.41, 5.74) is 2.00. The summed E-state index contributed by atoms with van der Waals surface area (Å²) < 4.78 is 1.18. The normalized spacial score (nSPS) is 11.1. The minimum Gasteiger partial charge on any atom is -0.543 e. The van der Waals surface area contributed by atoms with E-state index in [1.807, 2.05) is 0 Å². The molecule has 20 heavy (non-hydrogen) atoms. The number of aromatic nitrogens is 3. The highest BCUT2D eigenvalue weighted by molar-refractivity contribution is 5.92. The van der Waals surface area contributed by atoms with Gasteiger partial charge in [0.05, 0.1) is 22.2 Å². The highest BCUT2D eigenvalue weighted by Crippen LogP contribution is 2.20. The van der Waals surface area contributed by atoms with Crippen LogP contribution in [0.15, 0.2) is 42.6 Å². The fraction of sp³-hybridized carbons (Fsp3) is 0. The first-order chi connectivity index (χ1) is 9.58. The van der Waals surface area contributed by atoms with Crippen molar-refractivity contribution >= 4 is 17.7 Å². The van der Waals surface area contributed by atoms with Gasteiger partial charge >= 0.3 is 0 Å². The molecule has 1 heterocycles. The molecule has 0 saturated heterocycles. The molecule has 0 spiro atoms. The maximum absolute atomic E-state index is 11.0. The van der Waals surface area contributed by atoms with Crippen molar-refractivity contribution in [3.63, 3.8) is 0 Å². The van der Waals surface area contributed by atoms with Crippen LogP contribution in [0.4, 0.5) is 5.69 Å². The lowest BCUT2D eigenvalue weighted by Gasteiger charge is -2.11. The maximum Gasteiger partial charge on any atom is 0.276 e. The molecule has 0 aliphatic carbocycles. The second-order valence-electron chi connectivity index (χ2n) is 3.64. The van der Waals surface area contributed by atoms with Crippen LogP contribution in [0.1, 0.15) is 5.56 Å². The molecule has 2 aromatic rings. The Labute approximate surface area is 112 Å². The van der Waals surface area contributed by atoms with Crippen molar-refractivity contribution in [1.29, 1.82) is 0 Å². The second-order valence-corrected chi connectivity index (χ2v) is 3.64. The summed E-state index contributed by atoms with van der Waals surface area (Å²) in [7, 11) is 0. The van der Waals surface area contributed by atoms with Crippen molar-refractivity contribution in [3.8, 4) is 0 Å². The van der Waals surface area contributed by atoms with E-state index in [-0.39, 0.29) is 16.9 Å². The van der Waals surface area contributed by atoms with Gasteiger partial charge in [-0.2, -0.15) is 0 Å². The number of nitro benzene ring substituents is 1. The molecule has 0 fully saturated rings. The van der Waals surface area contributed by atoms with Gasteiger partial charge < -0.3 is 9.90 Å². The average molecular weight is 274 g/mol. The van der Waals surface area contributed by atoms with E-state index < -0.39 is 10.9 Å². The molecule has 0 aliphatic heterocycles. The van der Waals surface area contributed by atoms with E-state index in [0.717, 1.165) is 6.08 Å². The zero-order valence-corrected chi connectivity index (χ0v) is 9.96. The number of nitrogens with one attached hydrogen (secondary N) is 1. The van der Waals surface area contributed by atoms with Gasteiger partial charge in [-0.15, -0.1) is 10.2 Å². The summed E-state index contributed by atoms with van der Waals surface area (Å²) in [6, 6.07) is 5.75. The number of hydrogen-bond acceptors (Lipinski definition) is 7. The van der Waals surface area contributed by atoms with E-state index in [1.165, 1.54) is 35.5 Å². The molecule has 9 heteroatoms. The minimum atomic E-state index is -1.52. The zero-order valence-electron chi connectivity index (χ0n) is 9.96. The van der Waals surface area contributed by atoms with Crippen LogP contribution in [0.2, 0.25) is 0 Å². The summed E-state index contributed by atoms with van der Waals surface area (Å²) in [5.74, 6) is -1.52. The van der Waals surface area contributed by atoms with Gasteiger partial charge in [0.25, 0.3) is 5.69 Å². The third-order valence-corrected chi connectivity index (χ3v) is 2.32. The number of carboxylic acid groups (broad SMARTS) is 1. The van der Waals surface area contributed by atoms with Gasteiger partial charge in [0.2, 0.25) is 0 Å². The smallest absolute Gasteiger partial charge is 0.276 e. The Morgan fingerprint density at radius 1 is 1.30 bits per heavy atom. The molecule has 2 rings (SSSR count). The molecule has 0 unspecified atom stereocenters. The molecule has 0 atom stereocenters. The van der Waals surface area contributed by atoms with Crippen LogP contribution < -0.4 is 10.5 Å². The molecular formula is C11H8N5O4-. The van der Waals surface area contributed by atoms with E-state index in [4.69, 9.17) is 0 Å². The Balaban J connectivity index is 2.39. The monoisotopic (exact) mass is 274 g/mol. The number of hydrogen-bond donors (Lipinski definition) is 1. The van der Waals surface area contributed by atoms with Crippen molar-refractivity contribution in [2.75, 3.05) is 5.43 Å². The fourth-order valence-corrected chi connectivity index (χ4v) is 1.47. The number of rotatable bonds is 5. The number of aliphatic carboxylic acids is 1. The first-order valence-electron chi connectivity index (χ1n) is 5.36. The van der Waals surface area contributed by atoms with Crippen molar-refractivity contribution in [2.24, 2.45) is 0 Å². The van der Waals surface area contributed by atoms with Crippen LogP contribution in [0.5, 0.6) is 0 Å². The standard InChI is InChI=1S/C11H9N5O4/c17-11(18)9(14-15-6-12-13-7-15)5-8-3-1-2-4-10(8)16(19)20/h1-7,14H,(H,17,18)/p-1/b9-5+. The highest BCUT2D eigenvalue weighted by atomic mass is 16.6. The predicted octanol–water partition coefficient (Wildman–Crippen LogP) is -0.479. The number of benzene rings is 1. The zero-order chi connectivity index (χ0) is 14.5. The van der Waals surface area contributed by atoms with Gasteiger partial charge in [0, 0.05) is 6.07 Å². The molecule has 1 aromatic carbocycles. The van der Waals surface area contributed by atoms with Crippen LogP contribution in [0, 0.1) is 10.1 Å². The third-order valence-electron chi connectivity index (χ3n) is 2.32. The molecule has 9 nitrogen and oxygen atoms in total. The van der Waals surface area contributed by atoms with Crippen LogP contribution in [0.3, 0.4) is 0 Å². The lowest BCUT2D eigenvalue weighted by molar-refractivity contribution is -0.385. The topological polar surface area (TPSA) is 126 Å². The Morgan fingerprint density at radius 2 is 1.95 bits per heavy atom. The van der Waals surface area contributed by atoms with E-state index in [2.05, 4.69) is 15.6 Å². The van der Waals surface area contributed by atoms with Gasteiger partial charge in [-0.05, 0) is 12.1 Å². The molecule has 1 N–H and O–H groups in total. The first kappa shape index (κ1) is 13.2. The summed E-state index contributed by atoms with van der Waals surface area (Å²) in [6.07, 6.45) is 3.57. The number of nitro groups is 1. The Morgan fingerprint density at radius 3 is 2.55 bits per heavy atom. The molecule has 102 valence electrons. The number of carbonyl (C=O) groups is 1. The number of nitrogens with zero attached hydrogens (tertiary/aromatic N) is 4. The molecular weight excluding hydrogens is 266 g/mol. The van der Waals surface area contributed by atoms with Crippen molar-refractivity contribution in [2.45, 2.75) is 0 Å². The van der Waals surface area contributed by atoms with Crippen LogP contribution >= 0.6 is 0 Å². The van der Waals surface area contributed by atoms with Gasteiger partial charge in [-0.25, -0.2) is 4.68 Å². The summed E-state index contributed by atoms with van der Waals surface area (Å²) >= 11 is 0. The van der Waals surface area contributed by atoms with Gasteiger partial charge in [-0.1, -0.05) is 12.1 Å². The first-order valence-corrected chi connectivity index (χ1v) is 5.36. The summed E-state index contributed by atoms with van der Waals surface area (Å²) in [5, 5.41) is 28.9. The van der Waals surface area contributed by atoms with Gasteiger partial charge in [0.15, 0.2) is 0 Å². The minimum absolute atomic E-state index is 0.136. The molecule has 0 aliphatic rings. The van der Waals surface area contributed by atoms with Crippen LogP contribution in [0.25, 0.3) is 6.08 Å². The third kappa shape index (κ3) is 2.96. The molecule has 0 saturated carbocycles. The van der Waals surface area contributed by atoms with Crippen LogP contribution in [-0.4, -0.2) is 25.8 Å². The predicted molar refractivity (Wildman–Crippen MR) is 65.5 cm³/mol. The van der Waals surface area contributed by atoms with Gasteiger partial charge in [0.1, 0.15) is 12.7 Å². The quantitative estimate of drug-likeness (QED) is 0.443. The lowest BCUT2D eigenvalue weighted by atomic mass is 10.1. The van der Waals surface area contributed by atoms with E-state index >= 15 is 0 Å². The summed E-state index contributed by atoms with van der Waals surface area (Å²) in [4.78, 5) is 21.3.